The van der Waals surface area contributed by atoms with Crippen molar-refractivity contribution in [2.45, 2.75) is 45.2 Å². The first-order chi connectivity index (χ1) is 16.7. The minimum absolute atomic E-state index is 0.000464. The summed E-state index contributed by atoms with van der Waals surface area (Å²) >= 11 is 0. The van der Waals surface area contributed by atoms with Gasteiger partial charge in [-0.15, -0.1) is 0 Å². The fourth-order valence-electron chi connectivity index (χ4n) is 4.79. The number of carbonyl (C=O) groups excluding carboxylic acids is 1. The highest BCUT2D eigenvalue weighted by molar-refractivity contribution is 6.05. The zero-order chi connectivity index (χ0) is 23.3. The quantitative estimate of drug-likeness (QED) is 0.414. The minimum atomic E-state index is -0.163. The molecule has 0 bridgehead atoms. The lowest BCUT2D eigenvalue weighted by molar-refractivity contribution is 0.0936. The number of aromatic amines is 1. The van der Waals surface area contributed by atoms with Gasteiger partial charge in [-0.3, -0.25) is 19.8 Å². The molecule has 1 amide bonds. The van der Waals surface area contributed by atoms with Crippen LogP contribution < -0.4 is 5.32 Å². The van der Waals surface area contributed by atoms with Gasteiger partial charge >= 0.3 is 0 Å². The average molecular weight is 454 g/mol. The van der Waals surface area contributed by atoms with E-state index in [1.165, 1.54) is 30.4 Å². The summed E-state index contributed by atoms with van der Waals surface area (Å²) in [4.78, 5) is 20.0. The molecule has 2 N–H and O–H groups in total. The van der Waals surface area contributed by atoms with Gasteiger partial charge in [0.2, 0.25) is 0 Å². The fraction of sp³-hybridized carbons (Fsp3) is 0.321. The predicted molar refractivity (Wildman–Crippen MR) is 136 cm³/mol. The number of rotatable bonds is 7. The molecule has 1 unspecified atom stereocenters. The van der Waals surface area contributed by atoms with Crippen LogP contribution in [0.5, 0.6) is 0 Å². The van der Waals surface area contributed by atoms with Gasteiger partial charge in [-0.05, 0) is 74.2 Å². The van der Waals surface area contributed by atoms with Gasteiger partial charge in [0, 0.05) is 35.9 Å². The number of H-pyrrole nitrogens is 1. The molecular formula is C28H31N5O. The van der Waals surface area contributed by atoms with Crippen molar-refractivity contribution in [3.05, 3.63) is 83.8 Å². The third kappa shape index (κ3) is 5.18. The van der Waals surface area contributed by atoms with Gasteiger partial charge in [0.1, 0.15) is 0 Å². The first kappa shape index (κ1) is 22.3. The maximum absolute atomic E-state index is 13.0. The number of hydrogen-bond donors (Lipinski definition) is 2. The number of benzene rings is 2. The molecule has 0 spiro atoms. The topological polar surface area (TPSA) is 73.9 Å². The molecule has 3 heterocycles. The second-order valence-electron chi connectivity index (χ2n) is 9.32. The molecule has 1 atom stereocenters. The summed E-state index contributed by atoms with van der Waals surface area (Å²) in [6.07, 6.45) is 8.51. The molecule has 6 nitrogen and oxygen atoms in total. The van der Waals surface area contributed by atoms with Crippen LogP contribution in [0.15, 0.2) is 67.0 Å². The zero-order valence-electron chi connectivity index (χ0n) is 19.6. The molecule has 0 radical (unpaired) electrons. The molecule has 4 aromatic rings. The van der Waals surface area contributed by atoms with E-state index in [-0.39, 0.29) is 11.9 Å². The van der Waals surface area contributed by atoms with Crippen LogP contribution in [-0.4, -0.2) is 45.1 Å². The predicted octanol–water partition coefficient (Wildman–Crippen LogP) is 4.97. The summed E-state index contributed by atoms with van der Waals surface area (Å²) in [7, 11) is 0. The fourth-order valence-corrected chi connectivity index (χ4v) is 4.79. The Bertz CT molecular complexity index is 1260. The number of likely N-dealkylation sites (tertiary alicyclic amines) is 1. The molecule has 174 valence electrons. The van der Waals surface area contributed by atoms with Crippen molar-refractivity contribution in [3.8, 4) is 11.1 Å². The van der Waals surface area contributed by atoms with Gasteiger partial charge in [0.25, 0.3) is 5.91 Å². The van der Waals surface area contributed by atoms with Crippen LogP contribution in [0.1, 0.15) is 47.8 Å². The Balaban J connectivity index is 1.33. The van der Waals surface area contributed by atoms with Crippen molar-refractivity contribution >= 4 is 16.8 Å². The van der Waals surface area contributed by atoms with E-state index in [0.717, 1.165) is 48.1 Å². The van der Waals surface area contributed by atoms with Crippen molar-refractivity contribution in [3.63, 3.8) is 0 Å². The highest BCUT2D eigenvalue weighted by Gasteiger charge is 2.18. The molecule has 2 aromatic heterocycles. The molecule has 5 rings (SSSR count). The summed E-state index contributed by atoms with van der Waals surface area (Å²) in [5.41, 5.74) is 5.78. The Kier molecular flexibility index (Phi) is 6.67. The molecule has 6 heteroatoms. The van der Waals surface area contributed by atoms with Crippen LogP contribution in [0.4, 0.5) is 0 Å². The number of aromatic nitrogens is 3. The molecule has 1 aliphatic rings. The first-order valence-electron chi connectivity index (χ1n) is 12.2. The van der Waals surface area contributed by atoms with Crippen molar-refractivity contribution in [2.24, 2.45) is 0 Å². The lowest BCUT2D eigenvalue weighted by Crippen LogP contribution is -2.34. The highest BCUT2D eigenvalue weighted by atomic mass is 16.2. The summed E-state index contributed by atoms with van der Waals surface area (Å²) in [5, 5.41) is 11.2. The van der Waals surface area contributed by atoms with Gasteiger partial charge in [0.05, 0.1) is 5.52 Å². The van der Waals surface area contributed by atoms with E-state index in [1.54, 1.807) is 0 Å². The third-order valence-corrected chi connectivity index (χ3v) is 6.52. The van der Waals surface area contributed by atoms with Crippen LogP contribution in [0, 0.1) is 0 Å². The third-order valence-electron chi connectivity index (χ3n) is 6.52. The van der Waals surface area contributed by atoms with Crippen LogP contribution in [-0.2, 0) is 13.0 Å². The van der Waals surface area contributed by atoms with E-state index in [0.29, 0.717) is 5.69 Å². The number of hydrogen-bond acceptors (Lipinski definition) is 4. The number of carbonyl (C=O) groups is 1. The summed E-state index contributed by atoms with van der Waals surface area (Å²) < 4.78 is 0. The lowest BCUT2D eigenvalue weighted by Gasteiger charge is -2.26. The van der Waals surface area contributed by atoms with E-state index < -0.39 is 0 Å². The highest BCUT2D eigenvalue weighted by Crippen LogP contribution is 2.26. The SMILES string of the molecule is CC(Cc1ccccc1)NC(=O)c1n[nH]c2ccc(-c3cncc(CN4CCCCC4)c3)cc12. The van der Waals surface area contributed by atoms with E-state index in [4.69, 9.17) is 0 Å². The first-order valence-corrected chi connectivity index (χ1v) is 12.2. The molecule has 0 saturated carbocycles. The molecular weight excluding hydrogens is 422 g/mol. The second-order valence-corrected chi connectivity index (χ2v) is 9.32. The second kappa shape index (κ2) is 10.2. The van der Waals surface area contributed by atoms with Crippen molar-refractivity contribution in [1.82, 2.24) is 25.4 Å². The molecule has 0 aliphatic carbocycles. The molecule has 1 aliphatic heterocycles. The minimum Gasteiger partial charge on any atom is -0.348 e. The largest absolute Gasteiger partial charge is 0.348 e. The van der Waals surface area contributed by atoms with Crippen LogP contribution in [0.25, 0.3) is 22.0 Å². The van der Waals surface area contributed by atoms with Gasteiger partial charge in [-0.25, -0.2) is 0 Å². The van der Waals surface area contributed by atoms with E-state index in [1.807, 2.05) is 49.6 Å². The maximum atomic E-state index is 13.0. The van der Waals surface area contributed by atoms with E-state index >= 15 is 0 Å². The molecule has 1 saturated heterocycles. The van der Waals surface area contributed by atoms with Crippen LogP contribution in [0.3, 0.4) is 0 Å². The molecule has 1 fully saturated rings. The Labute approximate surface area is 200 Å². The Morgan fingerprint density at radius 2 is 1.82 bits per heavy atom. The lowest BCUT2D eigenvalue weighted by atomic mass is 10.0. The van der Waals surface area contributed by atoms with Gasteiger partial charge in [-0.2, -0.15) is 5.10 Å². The monoisotopic (exact) mass is 453 g/mol. The van der Waals surface area contributed by atoms with Gasteiger partial charge < -0.3 is 5.32 Å². The Morgan fingerprint density at radius 1 is 1.00 bits per heavy atom. The number of amides is 1. The standard InChI is InChI=1S/C28H31N5O/c1-20(14-21-8-4-2-5-9-21)30-28(34)27-25-16-23(10-11-26(25)31-32-27)24-15-22(17-29-18-24)19-33-12-6-3-7-13-33/h2,4-5,8-11,15-18,20H,3,6-7,12-14,19H2,1H3,(H,30,34)(H,31,32). The smallest absolute Gasteiger partial charge is 0.272 e. The zero-order valence-corrected chi connectivity index (χ0v) is 19.6. The number of fused-ring (bicyclic) bond motifs is 1. The normalized spacial score (nSPS) is 15.3. The summed E-state index contributed by atoms with van der Waals surface area (Å²) in [5.74, 6) is -0.163. The van der Waals surface area contributed by atoms with Crippen molar-refractivity contribution in [2.75, 3.05) is 13.1 Å². The number of piperidine rings is 1. The summed E-state index contributed by atoms with van der Waals surface area (Å²) in [6.45, 7) is 5.27. The van der Waals surface area contributed by atoms with Crippen molar-refractivity contribution < 1.29 is 4.79 Å². The maximum Gasteiger partial charge on any atom is 0.272 e. The van der Waals surface area contributed by atoms with Crippen LogP contribution >= 0.6 is 0 Å². The molecule has 34 heavy (non-hydrogen) atoms. The van der Waals surface area contributed by atoms with Crippen molar-refractivity contribution in [1.29, 1.82) is 0 Å². The Hall–Kier alpha value is -3.51. The Morgan fingerprint density at radius 3 is 2.65 bits per heavy atom. The van der Waals surface area contributed by atoms with E-state index in [9.17, 15) is 4.79 Å². The number of pyridine rings is 1. The number of nitrogens with one attached hydrogen (secondary N) is 2. The van der Waals surface area contributed by atoms with Crippen LogP contribution in [0.2, 0.25) is 0 Å². The number of nitrogens with zero attached hydrogens (tertiary/aromatic N) is 3. The average Bonchev–Trinajstić information content (AvgIpc) is 3.29. The van der Waals surface area contributed by atoms with Gasteiger partial charge in [-0.1, -0.05) is 42.8 Å². The summed E-state index contributed by atoms with van der Waals surface area (Å²) in [6, 6.07) is 18.5. The van der Waals surface area contributed by atoms with Gasteiger partial charge in [0.15, 0.2) is 5.69 Å². The molecule has 2 aromatic carbocycles. The van der Waals surface area contributed by atoms with E-state index in [2.05, 4.69) is 49.7 Å².